The number of ether oxygens (including phenoxy) is 2. The summed E-state index contributed by atoms with van der Waals surface area (Å²) in [5, 5.41) is 0. The summed E-state index contributed by atoms with van der Waals surface area (Å²) in [6.45, 7) is 8.92. The molecule has 2 aliphatic heterocycles. The van der Waals surface area contributed by atoms with E-state index in [1.165, 1.54) is 0 Å². The van der Waals surface area contributed by atoms with E-state index in [0.29, 0.717) is 19.8 Å². The molecule has 0 aromatic rings. The third kappa shape index (κ3) is 5.06. The van der Waals surface area contributed by atoms with E-state index >= 15 is 0 Å². The van der Waals surface area contributed by atoms with Crippen molar-refractivity contribution in [2.24, 2.45) is 0 Å². The lowest BCUT2D eigenvalue weighted by Gasteiger charge is -2.30. The average Bonchev–Trinajstić information content (AvgIpc) is 2.47. The first-order valence-electron chi connectivity index (χ1n) is 7.10. The maximum Gasteiger partial charge on any atom is 0.236 e. The fourth-order valence-electron chi connectivity index (χ4n) is 2.36. The van der Waals surface area contributed by atoms with E-state index < -0.39 is 0 Å². The third-order valence-electron chi connectivity index (χ3n) is 3.67. The van der Waals surface area contributed by atoms with E-state index in [4.69, 9.17) is 9.47 Å². The second-order valence-electron chi connectivity index (χ2n) is 5.18. The predicted octanol–water partition coefficient (Wildman–Crippen LogP) is -0.891. The summed E-state index contributed by atoms with van der Waals surface area (Å²) >= 11 is 0. The van der Waals surface area contributed by atoms with Gasteiger partial charge in [-0.2, -0.15) is 0 Å². The number of carbonyl (C=O) groups is 1. The van der Waals surface area contributed by atoms with E-state index in [1.807, 2.05) is 11.9 Å². The van der Waals surface area contributed by atoms with Crippen molar-refractivity contribution >= 4 is 5.91 Å². The van der Waals surface area contributed by atoms with Crippen LogP contribution in [0.5, 0.6) is 0 Å². The second-order valence-corrected chi connectivity index (χ2v) is 5.18. The summed E-state index contributed by atoms with van der Waals surface area (Å²) in [5.74, 6) is 0.216. The molecule has 2 heterocycles. The number of carbonyl (C=O) groups excluding carboxylic acids is 1. The Morgan fingerprint density at radius 1 is 1.05 bits per heavy atom. The van der Waals surface area contributed by atoms with Crippen LogP contribution in [0.1, 0.15) is 0 Å². The molecule has 0 saturated carbocycles. The van der Waals surface area contributed by atoms with Gasteiger partial charge >= 0.3 is 0 Å². The maximum absolute atomic E-state index is 12.1. The van der Waals surface area contributed by atoms with E-state index in [-0.39, 0.29) is 5.91 Å². The molecular weight excluding hydrogens is 246 g/mol. The Labute approximate surface area is 115 Å². The predicted molar refractivity (Wildman–Crippen MR) is 72.2 cm³/mol. The van der Waals surface area contributed by atoms with E-state index in [2.05, 4.69) is 9.80 Å². The molecule has 6 heteroatoms. The smallest absolute Gasteiger partial charge is 0.236 e. The molecule has 0 radical (unpaired) electrons. The Morgan fingerprint density at radius 2 is 1.63 bits per heavy atom. The van der Waals surface area contributed by atoms with Crippen LogP contribution in [-0.2, 0) is 14.3 Å². The molecule has 19 heavy (non-hydrogen) atoms. The lowest BCUT2D eigenvalue weighted by atomic mass is 10.3. The zero-order valence-electron chi connectivity index (χ0n) is 11.8. The number of hydrogen-bond acceptors (Lipinski definition) is 5. The Bertz CT molecular complexity index is 276. The molecule has 2 aliphatic rings. The topological polar surface area (TPSA) is 45.2 Å². The normalized spacial score (nSPS) is 21.9. The molecule has 0 unspecified atom stereocenters. The summed E-state index contributed by atoms with van der Waals surface area (Å²) in [5.41, 5.74) is 0. The highest BCUT2D eigenvalue weighted by Crippen LogP contribution is 2.00. The highest BCUT2D eigenvalue weighted by Gasteiger charge is 2.18. The van der Waals surface area contributed by atoms with E-state index in [0.717, 1.165) is 52.5 Å². The monoisotopic (exact) mass is 271 g/mol. The van der Waals surface area contributed by atoms with Crippen molar-refractivity contribution in [3.8, 4) is 0 Å². The summed E-state index contributed by atoms with van der Waals surface area (Å²) in [6.07, 6.45) is 0. The van der Waals surface area contributed by atoms with Gasteiger partial charge in [-0.1, -0.05) is 0 Å². The van der Waals surface area contributed by atoms with Crippen LogP contribution in [0.25, 0.3) is 0 Å². The first kappa shape index (κ1) is 14.7. The summed E-state index contributed by atoms with van der Waals surface area (Å²) in [4.78, 5) is 18.4. The quantitative estimate of drug-likeness (QED) is 0.649. The van der Waals surface area contributed by atoms with Crippen molar-refractivity contribution in [3.63, 3.8) is 0 Å². The molecule has 0 spiro atoms. The highest BCUT2D eigenvalue weighted by molar-refractivity contribution is 5.78. The minimum atomic E-state index is 0.216. The van der Waals surface area contributed by atoms with Crippen LogP contribution in [-0.4, -0.2) is 99.9 Å². The molecule has 0 N–H and O–H groups in total. The van der Waals surface area contributed by atoms with Crippen LogP contribution in [0.15, 0.2) is 0 Å². The average molecular weight is 271 g/mol. The van der Waals surface area contributed by atoms with Crippen LogP contribution in [0.2, 0.25) is 0 Å². The first-order chi connectivity index (χ1) is 9.25. The van der Waals surface area contributed by atoms with Gasteiger partial charge in [-0.3, -0.25) is 14.6 Å². The lowest BCUT2D eigenvalue weighted by Crippen LogP contribution is -2.46. The fraction of sp³-hybridized carbons (Fsp3) is 0.923. The molecule has 0 aliphatic carbocycles. The Balaban J connectivity index is 1.62. The second kappa shape index (κ2) is 7.79. The molecule has 6 nitrogen and oxygen atoms in total. The van der Waals surface area contributed by atoms with Crippen molar-refractivity contribution in [1.29, 1.82) is 0 Å². The maximum atomic E-state index is 12.1. The number of nitrogens with zero attached hydrogens (tertiary/aromatic N) is 3. The molecule has 0 aromatic heterocycles. The van der Waals surface area contributed by atoms with Gasteiger partial charge in [-0.25, -0.2) is 0 Å². The molecular formula is C13H25N3O3. The van der Waals surface area contributed by atoms with Crippen molar-refractivity contribution in [2.75, 3.05) is 79.3 Å². The van der Waals surface area contributed by atoms with Crippen LogP contribution in [0.3, 0.4) is 0 Å². The molecule has 1 amide bonds. The molecule has 0 atom stereocenters. The zero-order chi connectivity index (χ0) is 13.5. The largest absolute Gasteiger partial charge is 0.379 e. The van der Waals surface area contributed by atoms with Gasteiger partial charge in [-0.05, 0) is 7.05 Å². The van der Waals surface area contributed by atoms with Crippen molar-refractivity contribution in [3.05, 3.63) is 0 Å². The number of hydrogen-bond donors (Lipinski definition) is 0. The SMILES string of the molecule is CN(CCN1CCOCC1)CC(=O)N1CCOCC1. The van der Waals surface area contributed by atoms with Gasteiger partial charge in [0.25, 0.3) is 0 Å². The molecule has 110 valence electrons. The number of rotatable bonds is 5. The number of likely N-dealkylation sites (N-methyl/N-ethyl adjacent to an activating group) is 1. The van der Waals surface area contributed by atoms with Crippen molar-refractivity contribution in [2.45, 2.75) is 0 Å². The number of amides is 1. The van der Waals surface area contributed by atoms with E-state index in [9.17, 15) is 4.79 Å². The Hall–Kier alpha value is -0.690. The molecule has 2 rings (SSSR count). The summed E-state index contributed by atoms with van der Waals surface area (Å²) < 4.78 is 10.6. The van der Waals surface area contributed by atoms with Crippen molar-refractivity contribution in [1.82, 2.24) is 14.7 Å². The standard InChI is InChI=1S/C13H25N3O3/c1-14(2-3-15-4-8-18-9-5-15)12-13(17)16-6-10-19-11-7-16/h2-12H2,1H3. The number of morpholine rings is 2. The minimum Gasteiger partial charge on any atom is -0.379 e. The van der Waals surface area contributed by atoms with Crippen molar-refractivity contribution < 1.29 is 14.3 Å². The summed E-state index contributed by atoms with van der Waals surface area (Å²) in [7, 11) is 2.01. The van der Waals surface area contributed by atoms with Gasteiger partial charge in [-0.15, -0.1) is 0 Å². The zero-order valence-corrected chi connectivity index (χ0v) is 11.8. The Kier molecular flexibility index (Phi) is 6.03. The molecule has 0 bridgehead atoms. The third-order valence-corrected chi connectivity index (χ3v) is 3.67. The minimum absolute atomic E-state index is 0.216. The fourth-order valence-corrected chi connectivity index (χ4v) is 2.36. The summed E-state index contributed by atoms with van der Waals surface area (Å²) in [6, 6.07) is 0. The van der Waals surface area contributed by atoms with Gasteiger partial charge in [0.1, 0.15) is 0 Å². The Morgan fingerprint density at radius 3 is 2.26 bits per heavy atom. The van der Waals surface area contributed by atoms with Crippen LogP contribution in [0, 0.1) is 0 Å². The van der Waals surface area contributed by atoms with Gasteiger partial charge in [0.2, 0.25) is 5.91 Å². The highest BCUT2D eigenvalue weighted by atomic mass is 16.5. The van der Waals surface area contributed by atoms with Crippen LogP contribution >= 0.6 is 0 Å². The van der Waals surface area contributed by atoms with Crippen LogP contribution in [0.4, 0.5) is 0 Å². The van der Waals surface area contributed by atoms with Crippen LogP contribution < -0.4 is 0 Å². The van der Waals surface area contributed by atoms with Gasteiger partial charge in [0.05, 0.1) is 33.0 Å². The first-order valence-corrected chi connectivity index (χ1v) is 7.10. The lowest BCUT2D eigenvalue weighted by molar-refractivity contribution is -0.136. The molecule has 0 aromatic carbocycles. The molecule has 2 fully saturated rings. The molecule has 2 saturated heterocycles. The van der Waals surface area contributed by atoms with Gasteiger partial charge in [0.15, 0.2) is 0 Å². The van der Waals surface area contributed by atoms with E-state index in [1.54, 1.807) is 0 Å². The van der Waals surface area contributed by atoms with Gasteiger partial charge < -0.3 is 14.4 Å². The van der Waals surface area contributed by atoms with Gasteiger partial charge in [0, 0.05) is 39.3 Å².